The Hall–Kier alpha value is -7.12. The molecule has 4 fully saturated rings. The highest BCUT2D eigenvalue weighted by atomic mass is 19.4. The molecular weight excluding hydrogens is 942 g/mol. The summed E-state index contributed by atoms with van der Waals surface area (Å²) in [6.45, 7) is 4.94. The average molecular weight is 999 g/mol. The Morgan fingerprint density at radius 1 is 0.890 bits per heavy atom. The molecule has 0 radical (unpaired) electrons. The number of imide groups is 1. The molecule has 19 heteroatoms. The lowest BCUT2D eigenvalue weighted by Crippen LogP contribution is -2.52. The monoisotopic (exact) mass is 998 g/mol. The molecule has 1 unspecified atom stereocenters. The minimum absolute atomic E-state index is 0.0642. The zero-order chi connectivity index (χ0) is 50.8. The van der Waals surface area contributed by atoms with Gasteiger partial charge in [-0.2, -0.15) is 13.2 Å². The number of ether oxygens (including phenoxy) is 1. The molecule has 0 spiro atoms. The summed E-state index contributed by atoms with van der Waals surface area (Å²) in [5.74, 6) is 0.352. The predicted molar refractivity (Wildman–Crippen MR) is 263 cm³/mol. The molecule has 3 aromatic heterocycles. The number of pyridine rings is 1. The van der Waals surface area contributed by atoms with Gasteiger partial charge in [0.2, 0.25) is 11.8 Å². The maximum absolute atomic E-state index is 14.7. The van der Waals surface area contributed by atoms with E-state index in [0.717, 1.165) is 71.9 Å². The number of likely N-dealkylation sites (tertiary alicyclic amines) is 1. The zero-order valence-electron chi connectivity index (χ0n) is 40.8. The first kappa shape index (κ1) is 48.2. The number of nitrogens with zero attached hydrogens (tertiary/aromatic N) is 9. The van der Waals surface area contributed by atoms with Crippen LogP contribution in [0.2, 0.25) is 0 Å². The van der Waals surface area contributed by atoms with Crippen LogP contribution in [0, 0.1) is 5.92 Å². The van der Waals surface area contributed by atoms with Crippen molar-refractivity contribution in [3.8, 4) is 5.69 Å². The van der Waals surface area contributed by atoms with Crippen molar-refractivity contribution in [2.45, 2.75) is 81.6 Å². The van der Waals surface area contributed by atoms with Crippen LogP contribution in [-0.2, 0) is 52.5 Å². The number of carbonyl (C=O) groups excluding carboxylic acids is 4. The Bertz CT molecular complexity index is 3180. The van der Waals surface area contributed by atoms with Crippen LogP contribution >= 0.6 is 0 Å². The summed E-state index contributed by atoms with van der Waals surface area (Å²) in [6.07, 6.45) is 4.21. The third kappa shape index (κ3) is 9.32. The van der Waals surface area contributed by atoms with Crippen LogP contribution in [0.15, 0.2) is 96.3 Å². The summed E-state index contributed by atoms with van der Waals surface area (Å²) in [6, 6.07) is 21.6. The second-order valence-electron chi connectivity index (χ2n) is 20.7. The number of piperidine rings is 3. The fourth-order valence-electron chi connectivity index (χ4n) is 11.6. The Balaban J connectivity index is 0.679. The summed E-state index contributed by atoms with van der Waals surface area (Å²) in [5, 5.41) is 10.6. The van der Waals surface area contributed by atoms with Crippen molar-refractivity contribution in [3.05, 3.63) is 147 Å². The van der Waals surface area contributed by atoms with Gasteiger partial charge < -0.3 is 24.0 Å². The van der Waals surface area contributed by atoms with Gasteiger partial charge in [-0.1, -0.05) is 24.3 Å². The quantitative estimate of drug-likeness (QED) is 0.147. The molecule has 73 heavy (non-hydrogen) atoms. The Morgan fingerprint density at radius 3 is 2.34 bits per heavy atom. The number of imidazole rings is 1. The number of hydrogen-bond acceptors (Lipinski definition) is 10. The van der Waals surface area contributed by atoms with E-state index in [-0.39, 0.29) is 42.1 Å². The molecule has 11 rings (SSSR count). The molecule has 5 aliphatic heterocycles. The van der Waals surface area contributed by atoms with Crippen LogP contribution in [-0.4, -0.2) is 121 Å². The van der Waals surface area contributed by atoms with E-state index in [1.807, 2.05) is 61.1 Å². The molecule has 380 valence electrons. The molecule has 4 amide bonds. The number of fused-ring (bicyclic) bond motifs is 2. The van der Waals surface area contributed by atoms with Crippen LogP contribution in [0.25, 0.3) is 11.2 Å². The van der Waals surface area contributed by atoms with Crippen LogP contribution in [0.1, 0.15) is 98.8 Å². The predicted octanol–water partition coefficient (Wildman–Crippen LogP) is 5.88. The molecule has 4 saturated heterocycles. The Morgan fingerprint density at radius 2 is 1.66 bits per heavy atom. The molecule has 16 nitrogen and oxygen atoms in total. The van der Waals surface area contributed by atoms with Crippen LogP contribution in [0.3, 0.4) is 0 Å². The van der Waals surface area contributed by atoms with E-state index in [1.165, 1.54) is 22.5 Å². The van der Waals surface area contributed by atoms with Crippen molar-refractivity contribution in [1.29, 1.82) is 0 Å². The van der Waals surface area contributed by atoms with E-state index in [2.05, 4.69) is 37.4 Å². The molecule has 0 saturated carbocycles. The van der Waals surface area contributed by atoms with Gasteiger partial charge in [0.05, 0.1) is 30.0 Å². The van der Waals surface area contributed by atoms with Crippen LogP contribution in [0.4, 0.5) is 18.9 Å². The fourth-order valence-corrected chi connectivity index (χ4v) is 11.6. The lowest BCUT2D eigenvalue weighted by Gasteiger charge is -2.41. The number of aromatic nitrogens is 5. The fraction of sp³-hybridized carbons (Fsp3) is 0.426. The van der Waals surface area contributed by atoms with Gasteiger partial charge in [0.15, 0.2) is 0 Å². The Labute approximate surface area is 419 Å². The van der Waals surface area contributed by atoms with E-state index < -0.39 is 34.8 Å². The van der Waals surface area contributed by atoms with Gasteiger partial charge in [0.1, 0.15) is 18.2 Å². The van der Waals surface area contributed by atoms with Gasteiger partial charge >= 0.3 is 11.9 Å². The van der Waals surface area contributed by atoms with Crippen molar-refractivity contribution in [2.75, 3.05) is 57.9 Å². The highest BCUT2D eigenvalue weighted by molar-refractivity contribution is 6.05. The molecular formula is C54H57F3N10O6. The van der Waals surface area contributed by atoms with Crippen molar-refractivity contribution >= 4 is 34.8 Å². The summed E-state index contributed by atoms with van der Waals surface area (Å²) in [7, 11) is 3.68. The van der Waals surface area contributed by atoms with Crippen LogP contribution in [0.5, 0.6) is 0 Å². The van der Waals surface area contributed by atoms with E-state index in [1.54, 1.807) is 28.3 Å². The topological polar surface area (TPSA) is 160 Å². The number of hydrogen-bond donors (Lipinski definition) is 1. The highest BCUT2D eigenvalue weighted by Gasteiger charge is 2.43. The molecule has 1 atom stereocenters. The largest absolute Gasteiger partial charge is 0.418 e. The molecule has 8 heterocycles. The van der Waals surface area contributed by atoms with Gasteiger partial charge in [-0.15, -0.1) is 10.2 Å². The lowest BCUT2D eigenvalue weighted by molar-refractivity contribution is -0.137. The third-order valence-corrected chi connectivity index (χ3v) is 15.9. The van der Waals surface area contributed by atoms with Gasteiger partial charge in [-0.3, -0.25) is 38.4 Å². The number of carbonyl (C=O) groups is 4. The summed E-state index contributed by atoms with van der Waals surface area (Å²) >= 11 is 0. The average Bonchev–Trinajstić information content (AvgIpc) is 4.05. The van der Waals surface area contributed by atoms with Gasteiger partial charge in [-0.25, -0.2) is 4.79 Å². The van der Waals surface area contributed by atoms with Gasteiger partial charge in [-0.05, 0) is 128 Å². The van der Waals surface area contributed by atoms with Crippen molar-refractivity contribution in [3.63, 3.8) is 0 Å². The maximum Gasteiger partial charge on any atom is 0.418 e. The van der Waals surface area contributed by atoms with E-state index >= 15 is 0 Å². The van der Waals surface area contributed by atoms with Crippen molar-refractivity contribution < 1.29 is 37.1 Å². The smallest absolute Gasteiger partial charge is 0.379 e. The second kappa shape index (κ2) is 19.1. The minimum atomic E-state index is -4.70. The normalized spacial score (nSPS) is 19.8. The number of rotatable bonds is 12. The number of alkyl halides is 3. The minimum Gasteiger partial charge on any atom is -0.379 e. The summed E-state index contributed by atoms with van der Waals surface area (Å²) in [4.78, 5) is 72.8. The number of nitrogens with one attached hydrogen (secondary N) is 1. The van der Waals surface area contributed by atoms with Gasteiger partial charge in [0.25, 0.3) is 11.8 Å². The van der Waals surface area contributed by atoms with Crippen LogP contribution < -0.4 is 15.9 Å². The SMILES string of the molecule is CN(CC1CCN(Cc2cc(C(F)(F)F)c3cn(-c4cccc(C5(Cc6nncn6C)COC5)c4)c(=O)n3c2)CC1)C(=O)c1ccc(C2CCN(c3ccc4c(c3)CN(C3CCC(=O)NC3=O)C4=O)CC2)cc1. The van der Waals surface area contributed by atoms with E-state index in [9.17, 15) is 37.1 Å². The van der Waals surface area contributed by atoms with E-state index in [4.69, 9.17) is 4.74 Å². The molecule has 6 aromatic rings. The lowest BCUT2D eigenvalue weighted by atomic mass is 9.75. The third-order valence-electron chi connectivity index (χ3n) is 15.9. The number of benzene rings is 3. The standard InChI is InChI=1S/C54H57F3N10O6/c1-61(50(70)38-8-6-36(7-9-38)37-16-20-64(21-17-37)41-10-11-43-39(23-41)29-66(51(43)71)45-12-13-48(68)59-49(45)69)26-34-14-18-63(19-15-34)27-35-22-44(54(55,56)57)46-30-65(52(72)67(46)28-35)42-5-3-4-40(24-42)53(31-73-32-53)25-47-60-58-33-62(47)2/h3-11,22-24,28,30,33-34,37,45H,12-21,25-27,29,31-32H2,1-2H3,(H,59,68,69). The van der Waals surface area contributed by atoms with Crippen molar-refractivity contribution in [2.24, 2.45) is 13.0 Å². The molecule has 3 aromatic carbocycles. The second-order valence-corrected chi connectivity index (χ2v) is 20.7. The number of amides is 4. The van der Waals surface area contributed by atoms with Gasteiger partial charge in [0, 0.05) is 94.3 Å². The molecule has 5 aliphatic rings. The first-order valence-corrected chi connectivity index (χ1v) is 25.1. The first-order chi connectivity index (χ1) is 35.1. The zero-order valence-corrected chi connectivity index (χ0v) is 40.8. The first-order valence-electron chi connectivity index (χ1n) is 25.1. The Kier molecular flexibility index (Phi) is 12.6. The number of aryl methyl sites for hydroxylation is 1. The number of anilines is 1. The molecule has 0 bridgehead atoms. The van der Waals surface area contributed by atoms with Crippen molar-refractivity contribution in [1.82, 2.24) is 43.7 Å². The summed E-state index contributed by atoms with van der Waals surface area (Å²) in [5.41, 5.74) is 3.98. The van der Waals surface area contributed by atoms with E-state index in [0.29, 0.717) is 80.5 Å². The highest BCUT2D eigenvalue weighted by Crippen LogP contribution is 2.39. The number of halogens is 3. The maximum atomic E-state index is 14.7. The molecule has 1 N–H and O–H groups in total. The molecule has 0 aliphatic carbocycles. The summed E-state index contributed by atoms with van der Waals surface area (Å²) < 4.78 is 54.0.